The molecule has 0 amide bonds. The molecule has 1 aliphatic heterocycles. The van der Waals surface area contributed by atoms with E-state index in [4.69, 9.17) is 4.42 Å². The van der Waals surface area contributed by atoms with Crippen molar-refractivity contribution < 1.29 is 9.21 Å². The first-order chi connectivity index (χ1) is 9.22. The summed E-state index contributed by atoms with van der Waals surface area (Å²) in [6, 6.07) is 10.4. The average molecular weight is 257 g/mol. The average Bonchev–Trinajstić information content (AvgIpc) is 2.82. The zero-order chi connectivity index (χ0) is 13.2. The molecule has 1 saturated heterocycles. The van der Waals surface area contributed by atoms with Gasteiger partial charge in [-0.2, -0.15) is 0 Å². The van der Waals surface area contributed by atoms with Crippen molar-refractivity contribution in [3.63, 3.8) is 0 Å². The molecule has 2 unspecified atom stereocenters. The molecule has 1 aliphatic rings. The molecule has 2 aromatic rings. The number of carbonyl (C=O) groups excluding carboxylic acids is 1. The van der Waals surface area contributed by atoms with Crippen LogP contribution in [0, 0.1) is 0 Å². The number of ketones is 1. The van der Waals surface area contributed by atoms with Gasteiger partial charge < -0.3 is 9.73 Å². The second-order valence-electron chi connectivity index (χ2n) is 5.47. The largest absolute Gasteiger partial charge is 0.453 e. The molecule has 0 saturated carbocycles. The first-order valence-electron chi connectivity index (χ1n) is 7.00. The molecule has 0 bridgehead atoms. The second-order valence-corrected chi connectivity index (χ2v) is 5.47. The van der Waals surface area contributed by atoms with E-state index in [2.05, 4.69) is 12.2 Å². The number of hydrogen-bond acceptors (Lipinski definition) is 3. The Bertz CT molecular complexity index is 554. The van der Waals surface area contributed by atoms with Gasteiger partial charge in [0.2, 0.25) is 0 Å². The molecule has 3 rings (SSSR count). The van der Waals surface area contributed by atoms with Crippen LogP contribution in [-0.2, 0) is 0 Å². The molecule has 2 atom stereocenters. The lowest BCUT2D eigenvalue weighted by Crippen LogP contribution is -2.41. The van der Waals surface area contributed by atoms with Crippen molar-refractivity contribution in [1.29, 1.82) is 0 Å². The van der Waals surface area contributed by atoms with Crippen LogP contribution in [-0.4, -0.2) is 17.9 Å². The summed E-state index contributed by atoms with van der Waals surface area (Å²) in [6.45, 7) is 2.18. The van der Waals surface area contributed by atoms with E-state index in [1.54, 1.807) is 0 Å². The van der Waals surface area contributed by atoms with E-state index < -0.39 is 0 Å². The quantitative estimate of drug-likeness (QED) is 0.855. The molecule has 0 aliphatic carbocycles. The summed E-state index contributed by atoms with van der Waals surface area (Å²) in [5, 5.41) is 4.48. The summed E-state index contributed by atoms with van der Waals surface area (Å²) in [5.41, 5.74) is 0.788. The Hall–Kier alpha value is -1.61. The Morgan fingerprint density at radius 2 is 2.21 bits per heavy atom. The Labute approximate surface area is 113 Å². The minimum Gasteiger partial charge on any atom is -0.453 e. The molecule has 1 fully saturated rings. The van der Waals surface area contributed by atoms with Crippen LogP contribution in [0.3, 0.4) is 0 Å². The van der Waals surface area contributed by atoms with E-state index in [9.17, 15) is 4.79 Å². The lowest BCUT2D eigenvalue weighted by Gasteiger charge is -2.28. The summed E-state index contributed by atoms with van der Waals surface area (Å²) in [5.74, 6) is 0.587. The Morgan fingerprint density at radius 3 is 3.00 bits per heavy atom. The van der Waals surface area contributed by atoms with Gasteiger partial charge in [0, 0.05) is 23.9 Å². The molecule has 3 heteroatoms. The maximum absolute atomic E-state index is 12.3. The molecule has 19 heavy (non-hydrogen) atoms. The minimum absolute atomic E-state index is 0.0998. The number of rotatable bonds is 3. The zero-order valence-corrected chi connectivity index (χ0v) is 11.2. The van der Waals surface area contributed by atoms with Gasteiger partial charge in [-0.3, -0.25) is 4.79 Å². The molecule has 1 aromatic carbocycles. The summed E-state index contributed by atoms with van der Waals surface area (Å²) in [4.78, 5) is 12.3. The van der Waals surface area contributed by atoms with Crippen molar-refractivity contribution in [2.45, 2.75) is 44.7 Å². The standard InChI is InChI=1S/C16H19NO2/c1-11-5-4-7-13(17-11)10-14(18)16-9-12-6-2-3-8-15(12)19-16/h2-3,6,8-9,11,13,17H,4-5,7,10H2,1H3. The third-order valence-corrected chi connectivity index (χ3v) is 3.84. The van der Waals surface area contributed by atoms with Gasteiger partial charge >= 0.3 is 0 Å². The van der Waals surface area contributed by atoms with Gasteiger partial charge in [0.25, 0.3) is 0 Å². The second kappa shape index (κ2) is 5.17. The normalized spacial score (nSPS) is 23.6. The van der Waals surface area contributed by atoms with Crippen molar-refractivity contribution in [2.75, 3.05) is 0 Å². The molecule has 2 heterocycles. The number of fused-ring (bicyclic) bond motifs is 1. The van der Waals surface area contributed by atoms with E-state index in [0.29, 0.717) is 24.3 Å². The van der Waals surface area contributed by atoms with Gasteiger partial charge in [0.15, 0.2) is 11.5 Å². The highest BCUT2D eigenvalue weighted by Crippen LogP contribution is 2.22. The number of hydrogen-bond donors (Lipinski definition) is 1. The van der Waals surface area contributed by atoms with E-state index in [-0.39, 0.29) is 5.78 Å². The predicted octanol–water partition coefficient (Wildman–Crippen LogP) is 3.54. The molecule has 3 nitrogen and oxygen atoms in total. The topological polar surface area (TPSA) is 42.2 Å². The highest BCUT2D eigenvalue weighted by Gasteiger charge is 2.22. The molecule has 1 aromatic heterocycles. The third-order valence-electron chi connectivity index (χ3n) is 3.84. The first kappa shape index (κ1) is 12.4. The van der Waals surface area contributed by atoms with Crippen LogP contribution in [0.5, 0.6) is 0 Å². The molecule has 0 radical (unpaired) electrons. The molecule has 100 valence electrons. The minimum atomic E-state index is 0.0998. The Morgan fingerprint density at radius 1 is 1.37 bits per heavy atom. The highest BCUT2D eigenvalue weighted by atomic mass is 16.3. The number of nitrogens with one attached hydrogen (secondary N) is 1. The molecular weight excluding hydrogens is 238 g/mol. The number of Topliss-reactive ketones (excluding diaryl/α,β-unsaturated/α-hetero) is 1. The van der Waals surface area contributed by atoms with Crippen LogP contribution in [0.2, 0.25) is 0 Å². The van der Waals surface area contributed by atoms with E-state index in [1.807, 2.05) is 30.3 Å². The predicted molar refractivity (Wildman–Crippen MR) is 75.4 cm³/mol. The lowest BCUT2D eigenvalue weighted by atomic mass is 9.95. The van der Waals surface area contributed by atoms with Crippen molar-refractivity contribution >= 4 is 16.8 Å². The maximum atomic E-state index is 12.3. The fourth-order valence-corrected chi connectivity index (χ4v) is 2.84. The number of carbonyl (C=O) groups is 1. The van der Waals surface area contributed by atoms with Gasteiger partial charge in [-0.1, -0.05) is 24.6 Å². The van der Waals surface area contributed by atoms with Gasteiger partial charge in [-0.25, -0.2) is 0 Å². The number of furan rings is 1. The van der Waals surface area contributed by atoms with Crippen molar-refractivity contribution in [3.05, 3.63) is 36.1 Å². The van der Waals surface area contributed by atoms with Crippen molar-refractivity contribution in [2.24, 2.45) is 0 Å². The van der Waals surface area contributed by atoms with Gasteiger partial charge in [-0.15, -0.1) is 0 Å². The third kappa shape index (κ3) is 2.71. The summed E-state index contributed by atoms with van der Waals surface area (Å²) in [6.07, 6.45) is 4.02. The highest BCUT2D eigenvalue weighted by molar-refractivity contribution is 5.97. The van der Waals surface area contributed by atoms with Crippen LogP contribution in [0.15, 0.2) is 34.7 Å². The fraction of sp³-hybridized carbons (Fsp3) is 0.438. The lowest BCUT2D eigenvalue weighted by molar-refractivity contribution is 0.0935. The summed E-state index contributed by atoms with van der Waals surface area (Å²) >= 11 is 0. The van der Waals surface area contributed by atoms with Crippen LogP contribution >= 0.6 is 0 Å². The fourth-order valence-electron chi connectivity index (χ4n) is 2.84. The van der Waals surface area contributed by atoms with Crippen LogP contribution in [0.1, 0.15) is 43.2 Å². The molecule has 1 N–H and O–H groups in total. The Balaban J connectivity index is 1.72. The maximum Gasteiger partial charge on any atom is 0.199 e. The summed E-state index contributed by atoms with van der Waals surface area (Å²) in [7, 11) is 0. The summed E-state index contributed by atoms with van der Waals surface area (Å²) < 4.78 is 5.62. The smallest absolute Gasteiger partial charge is 0.199 e. The Kier molecular flexibility index (Phi) is 3.38. The van der Waals surface area contributed by atoms with Crippen LogP contribution in [0.25, 0.3) is 11.0 Å². The van der Waals surface area contributed by atoms with Gasteiger partial charge in [0.05, 0.1) is 0 Å². The van der Waals surface area contributed by atoms with E-state index in [1.165, 1.54) is 12.8 Å². The zero-order valence-electron chi connectivity index (χ0n) is 11.2. The van der Waals surface area contributed by atoms with Crippen LogP contribution in [0.4, 0.5) is 0 Å². The first-order valence-corrected chi connectivity index (χ1v) is 7.00. The van der Waals surface area contributed by atoms with E-state index >= 15 is 0 Å². The number of piperidine rings is 1. The number of para-hydroxylation sites is 1. The van der Waals surface area contributed by atoms with E-state index in [0.717, 1.165) is 17.4 Å². The van der Waals surface area contributed by atoms with Crippen molar-refractivity contribution in [3.8, 4) is 0 Å². The SMILES string of the molecule is CC1CCCC(CC(=O)c2cc3ccccc3o2)N1. The van der Waals surface area contributed by atoms with Crippen molar-refractivity contribution in [1.82, 2.24) is 5.32 Å². The van der Waals surface area contributed by atoms with Gasteiger partial charge in [0.1, 0.15) is 5.58 Å². The molecule has 0 spiro atoms. The van der Waals surface area contributed by atoms with Gasteiger partial charge in [-0.05, 0) is 31.9 Å². The monoisotopic (exact) mass is 257 g/mol. The van der Waals surface area contributed by atoms with Crippen LogP contribution < -0.4 is 5.32 Å². The number of benzene rings is 1. The molecular formula is C16H19NO2.